The van der Waals surface area contributed by atoms with E-state index >= 15 is 0 Å². The number of ether oxygens (including phenoxy) is 2. The van der Waals surface area contributed by atoms with Gasteiger partial charge in [-0.05, 0) is 6.07 Å². The number of nitrogen functional groups attached to an aromatic ring is 1. The van der Waals surface area contributed by atoms with Gasteiger partial charge in [-0.3, -0.25) is 0 Å². The van der Waals surface area contributed by atoms with Crippen molar-refractivity contribution < 1.29 is 9.47 Å². The molecule has 0 radical (unpaired) electrons. The molecule has 2 N–H and O–H groups in total. The molecule has 21 heavy (non-hydrogen) atoms. The lowest BCUT2D eigenvalue weighted by atomic mass is 10.2. The summed E-state index contributed by atoms with van der Waals surface area (Å²) in [5.74, 6) is 1.63. The van der Waals surface area contributed by atoms with Gasteiger partial charge in [-0.25, -0.2) is 9.97 Å². The molecule has 7 heteroatoms. The summed E-state index contributed by atoms with van der Waals surface area (Å²) in [4.78, 5) is 15.1. The molecule has 0 spiro atoms. The van der Waals surface area contributed by atoms with E-state index in [-0.39, 0.29) is 0 Å². The summed E-state index contributed by atoms with van der Waals surface area (Å²) < 4.78 is 10.4. The van der Waals surface area contributed by atoms with Crippen LogP contribution in [0, 0.1) is 0 Å². The van der Waals surface area contributed by atoms with Gasteiger partial charge in [0.1, 0.15) is 5.82 Å². The maximum Gasteiger partial charge on any atom is 0.228 e. The highest BCUT2D eigenvalue weighted by atomic mass is 16.5. The number of pyridine rings is 1. The van der Waals surface area contributed by atoms with Gasteiger partial charge in [-0.2, -0.15) is 4.98 Å². The molecule has 0 unspecified atom stereocenters. The lowest BCUT2D eigenvalue weighted by molar-refractivity contribution is 0.122. The van der Waals surface area contributed by atoms with E-state index < -0.39 is 0 Å². The largest absolute Gasteiger partial charge is 0.481 e. The summed E-state index contributed by atoms with van der Waals surface area (Å²) in [6.45, 7) is 2.89. The standard InChI is InChI=1S/C14H17N5O2/c1-20-13-3-2-10(9-16-13)11-8-12(15)18-14(17-11)19-4-6-21-7-5-19/h2-3,8-9H,4-7H2,1H3,(H2,15,17,18). The van der Waals surface area contributed by atoms with Crippen LogP contribution in [-0.2, 0) is 4.74 Å². The summed E-state index contributed by atoms with van der Waals surface area (Å²) in [6.07, 6.45) is 1.71. The van der Waals surface area contributed by atoms with Crippen LogP contribution in [0.3, 0.4) is 0 Å². The van der Waals surface area contributed by atoms with Crippen LogP contribution >= 0.6 is 0 Å². The van der Waals surface area contributed by atoms with Gasteiger partial charge in [0.25, 0.3) is 0 Å². The van der Waals surface area contributed by atoms with Crippen molar-refractivity contribution in [2.75, 3.05) is 44.0 Å². The van der Waals surface area contributed by atoms with Crippen molar-refractivity contribution in [3.8, 4) is 17.1 Å². The highest BCUT2D eigenvalue weighted by Crippen LogP contribution is 2.22. The van der Waals surface area contributed by atoms with Crippen molar-refractivity contribution in [2.24, 2.45) is 0 Å². The van der Waals surface area contributed by atoms with Crippen LogP contribution in [0.5, 0.6) is 5.88 Å². The monoisotopic (exact) mass is 287 g/mol. The predicted molar refractivity (Wildman–Crippen MR) is 79.3 cm³/mol. The summed E-state index contributed by atoms with van der Waals surface area (Å²) >= 11 is 0. The molecule has 1 aliphatic rings. The molecule has 0 saturated carbocycles. The Hall–Kier alpha value is -2.41. The first-order valence-corrected chi connectivity index (χ1v) is 6.74. The van der Waals surface area contributed by atoms with Crippen LogP contribution in [0.2, 0.25) is 0 Å². The average Bonchev–Trinajstić information content (AvgIpc) is 2.55. The lowest BCUT2D eigenvalue weighted by Gasteiger charge is -2.27. The number of aromatic nitrogens is 3. The van der Waals surface area contributed by atoms with Gasteiger partial charge in [0, 0.05) is 37.0 Å². The number of hydrogen-bond donors (Lipinski definition) is 1. The summed E-state index contributed by atoms with van der Waals surface area (Å²) in [5, 5.41) is 0. The van der Waals surface area contributed by atoms with Crippen LogP contribution in [0.25, 0.3) is 11.3 Å². The fourth-order valence-electron chi connectivity index (χ4n) is 2.16. The first-order chi connectivity index (χ1) is 10.3. The highest BCUT2D eigenvalue weighted by molar-refractivity contribution is 5.63. The fraction of sp³-hybridized carbons (Fsp3) is 0.357. The van der Waals surface area contributed by atoms with Gasteiger partial charge in [0.15, 0.2) is 0 Å². The molecular weight excluding hydrogens is 270 g/mol. The van der Waals surface area contributed by atoms with Crippen molar-refractivity contribution in [1.82, 2.24) is 15.0 Å². The van der Waals surface area contributed by atoms with Crippen LogP contribution in [-0.4, -0.2) is 48.4 Å². The van der Waals surface area contributed by atoms with Crippen molar-refractivity contribution in [2.45, 2.75) is 0 Å². The summed E-state index contributed by atoms with van der Waals surface area (Å²) in [6, 6.07) is 5.44. The van der Waals surface area contributed by atoms with E-state index in [1.807, 2.05) is 6.07 Å². The van der Waals surface area contributed by atoms with E-state index in [1.54, 1.807) is 25.4 Å². The minimum Gasteiger partial charge on any atom is -0.481 e. The zero-order chi connectivity index (χ0) is 14.7. The second-order valence-corrected chi connectivity index (χ2v) is 4.67. The molecule has 110 valence electrons. The molecule has 0 aliphatic carbocycles. The van der Waals surface area contributed by atoms with E-state index in [4.69, 9.17) is 15.2 Å². The number of nitrogens with two attached hydrogens (primary N) is 1. The maximum absolute atomic E-state index is 5.91. The van der Waals surface area contributed by atoms with Gasteiger partial charge in [0.05, 0.1) is 26.0 Å². The molecule has 3 rings (SSSR count). The third-order valence-corrected chi connectivity index (χ3v) is 3.27. The lowest BCUT2D eigenvalue weighted by Crippen LogP contribution is -2.37. The van der Waals surface area contributed by atoms with E-state index in [0.717, 1.165) is 24.3 Å². The molecule has 0 aromatic carbocycles. The second-order valence-electron chi connectivity index (χ2n) is 4.67. The molecule has 1 saturated heterocycles. The van der Waals surface area contributed by atoms with Crippen molar-refractivity contribution >= 4 is 11.8 Å². The Labute approximate surface area is 122 Å². The molecule has 0 amide bonds. The number of nitrogens with zero attached hydrogens (tertiary/aromatic N) is 4. The number of hydrogen-bond acceptors (Lipinski definition) is 7. The number of anilines is 2. The SMILES string of the molecule is COc1ccc(-c2cc(N)nc(N3CCOCC3)n2)cn1. The molecule has 2 aromatic rings. The topological polar surface area (TPSA) is 86.4 Å². The minimum absolute atomic E-state index is 0.442. The first kappa shape index (κ1) is 13.6. The zero-order valence-corrected chi connectivity index (χ0v) is 11.8. The molecule has 2 aromatic heterocycles. The van der Waals surface area contributed by atoms with Crippen LogP contribution in [0.15, 0.2) is 24.4 Å². The predicted octanol–water partition coefficient (Wildman–Crippen LogP) is 0.966. The Kier molecular flexibility index (Phi) is 3.83. The molecule has 7 nitrogen and oxygen atoms in total. The number of morpholine rings is 1. The van der Waals surface area contributed by atoms with Gasteiger partial charge in [0.2, 0.25) is 11.8 Å². The van der Waals surface area contributed by atoms with Crippen molar-refractivity contribution in [1.29, 1.82) is 0 Å². The van der Waals surface area contributed by atoms with Crippen molar-refractivity contribution in [3.63, 3.8) is 0 Å². The molecule has 1 fully saturated rings. The first-order valence-electron chi connectivity index (χ1n) is 6.74. The fourth-order valence-corrected chi connectivity index (χ4v) is 2.16. The molecular formula is C14H17N5O2. The normalized spacial score (nSPS) is 15.0. The molecule has 3 heterocycles. The van der Waals surface area contributed by atoms with E-state index in [2.05, 4.69) is 19.9 Å². The quantitative estimate of drug-likeness (QED) is 0.900. The Morgan fingerprint density at radius 3 is 2.71 bits per heavy atom. The second kappa shape index (κ2) is 5.92. The third-order valence-electron chi connectivity index (χ3n) is 3.27. The Morgan fingerprint density at radius 2 is 2.05 bits per heavy atom. The average molecular weight is 287 g/mol. The van der Waals surface area contributed by atoms with Crippen LogP contribution < -0.4 is 15.4 Å². The van der Waals surface area contributed by atoms with Gasteiger partial charge in [-0.15, -0.1) is 0 Å². The summed E-state index contributed by atoms with van der Waals surface area (Å²) in [5.41, 5.74) is 7.53. The van der Waals surface area contributed by atoms with Crippen LogP contribution in [0.1, 0.15) is 0 Å². The van der Waals surface area contributed by atoms with E-state index in [1.165, 1.54) is 0 Å². The Balaban J connectivity index is 1.92. The van der Waals surface area contributed by atoms with Gasteiger partial charge in [-0.1, -0.05) is 0 Å². The molecule has 0 atom stereocenters. The number of rotatable bonds is 3. The van der Waals surface area contributed by atoms with E-state index in [9.17, 15) is 0 Å². The van der Waals surface area contributed by atoms with E-state index in [0.29, 0.717) is 30.9 Å². The minimum atomic E-state index is 0.442. The number of methoxy groups -OCH3 is 1. The van der Waals surface area contributed by atoms with Crippen molar-refractivity contribution in [3.05, 3.63) is 24.4 Å². The Morgan fingerprint density at radius 1 is 1.24 bits per heavy atom. The highest BCUT2D eigenvalue weighted by Gasteiger charge is 2.15. The molecule has 0 bridgehead atoms. The zero-order valence-electron chi connectivity index (χ0n) is 11.8. The maximum atomic E-state index is 5.91. The third kappa shape index (κ3) is 3.03. The van der Waals surface area contributed by atoms with Gasteiger partial charge < -0.3 is 20.1 Å². The Bertz CT molecular complexity index is 611. The molecule has 1 aliphatic heterocycles. The van der Waals surface area contributed by atoms with Crippen LogP contribution in [0.4, 0.5) is 11.8 Å². The smallest absolute Gasteiger partial charge is 0.228 e. The summed E-state index contributed by atoms with van der Waals surface area (Å²) in [7, 11) is 1.58. The van der Waals surface area contributed by atoms with Gasteiger partial charge >= 0.3 is 0 Å².